The zero-order chi connectivity index (χ0) is 13.7. The number of pyridine rings is 1. The quantitative estimate of drug-likeness (QED) is 0.806. The molecule has 0 saturated carbocycles. The van der Waals surface area contributed by atoms with E-state index in [1.54, 1.807) is 0 Å². The van der Waals surface area contributed by atoms with E-state index in [9.17, 15) is 0 Å². The first-order valence-electron chi connectivity index (χ1n) is 6.56. The molecule has 1 aromatic carbocycles. The van der Waals surface area contributed by atoms with Crippen LogP contribution >= 0.6 is 0 Å². The van der Waals surface area contributed by atoms with Gasteiger partial charge in [0.25, 0.3) is 0 Å². The predicted octanol–water partition coefficient (Wildman–Crippen LogP) is 2.02. The fourth-order valence-electron chi connectivity index (χ4n) is 2.03. The molecule has 2 aromatic rings. The summed E-state index contributed by atoms with van der Waals surface area (Å²) in [4.78, 5) is 6.55. The van der Waals surface area contributed by atoms with Crippen LogP contribution in [0, 0.1) is 0 Å². The van der Waals surface area contributed by atoms with Gasteiger partial charge >= 0.3 is 0 Å². The van der Waals surface area contributed by atoms with Gasteiger partial charge in [-0.3, -0.25) is 4.98 Å². The number of nitrogens with two attached hydrogens (primary N) is 1. The Bertz CT molecular complexity index is 540. The summed E-state index contributed by atoms with van der Waals surface area (Å²) in [6, 6.07) is 8.00. The van der Waals surface area contributed by atoms with Crippen molar-refractivity contribution in [3.8, 4) is 5.75 Å². The second kappa shape index (κ2) is 6.50. The van der Waals surface area contributed by atoms with Crippen LogP contribution < -0.4 is 10.5 Å². The van der Waals surface area contributed by atoms with Crippen LogP contribution in [-0.4, -0.2) is 37.1 Å². The normalized spacial score (nSPS) is 11.2. The average Bonchev–Trinajstić information content (AvgIpc) is 2.43. The Morgan fingerprint density at radius 3 is 2.79 bits per heavy atom. The van der Waals surface area contributed by atoms with Crippen LogP contribution in [0.2, 0.25) is 0 Å². The molecule has 0 unspecified atom stereocenters. The highest BCUT2D eigenvalue weighted by molar-refractivity contribution is 5.86. The smallest absolute Gasteiger partial charge is 0.134 e. The minimum Gasteiger partial charge on any atom is -0.492 e. The third-order valence-electron chi connectivity index (χ3n) is 3.02. The summed E-state index contributed by atoms with van der Waals surface area (Å²) in [5, 5.41) is 1.04. The molecular weight excluding hydrogens is 238 g/mol. The summed E-state index contributed by atoms with van der Waals surface area (Å²) >= 11 is 0. The number of nitrogens with zero attached hydrogens (tertiary/aromatic N) is 2. The van der Waals surface area contributed by atoms with Gasteiger partial charge in [0.15, 0.2) is 0 Å². The van der Waals surface area contributed by atoms with Gasteiger partial charge in [0, 0.05) is 30.2 Å². The maximum atomic E-state index is 5.95. The molecule has 0 spiro atoms. The molecule has 0 amide bonds. The van der Waals surface area contributed by atoms with E-state index in [0.717, 1.165) is 35.2 Å². The topological polar surface area (TPSA) is 51.4 Å². The van der Waals surface area contributed by atoms with Crippen molar-refractivity contribution in [2.45, 2.75) is 13.0 Å². The SMILES string of the molecule is CN(C)CCCOc1c(CN)cnc2ccccc12. The molecular formula is C15H21N3O. The van der Waals surface area contributed by atoms with E-state index in [1.165, 1.54) is 0 Å². The minimum absolute atomic E-state index is 0.445. The number of fused-ring (bicyclic) bond motifs is 1. The van der Waals surface area contributed by atoms with Crippen molar-refractivity contribution < 1.29 is 4.74 Å². The van der Waals surface area contributed by atoms with Gasteiger partial charge in [-0.05, 0) is 32.6 Å². The molecule has 0 atom stereocenters. The molecule has 102 valence electrons. The lowest BCUT2D eigenvalue weighted by Crippen LogP contribution is -2.16. The molecule has 0 fully saturated rings. The number of hydrogen-bond acceptors (Lipinski definition) is 4. The summed E-state index contributed by atoms with van der Waals surface area (Å²) < 4.78 is 5.95. The first-order valence-corrected chi connectivity index (χ1v) is 6.56. The number of para-hydroxylation sites is 1. The van der Waals surface area contributed by atoms with E-state index in [-0.39, 0.29) is 0 Å². The molecule has 2 N–H and O–H groups in total. The Hall–Kier alpha value is -1.65. The molecule has 19 heavy (non-hydrogen) atoms. The van der Waals surface area contributed by atoms with Crippen LogP contribution in [0.15, 0.2) is 30.5 Å². The molecule has 0 aliphatic rings. The first kappa shape index (κ1) is 13.8. The Balaban J connectivity index is 2.19. The zero-order valence-corrected chi connectivity index (χ0v) is 11.6. The molecule has 0 aliphatic heterocycles. The highest BCUT2D eigenvalue weighted by Crippen LogP contribution is 2.28. The second-order valence-electron chi connectivity index (χ2n) is 4.84. The van der Waals surface area contributed by atoms with Gasteiger partial charge in [0.1, 0.15) is 5.75 Å². The number of ether oxygens (including phenoxy) is 1. The van der Waals surface area contributed by atoms with Crippen LogP contribution in [0.1, 0.15) is 12.0 Å². The first-order chi connectivity index (χ1) is 9.22. The molecule has 4 heteroatoms. The van der Waals surface area contributed by atoms with E-state index in [1.807, 2.05) is 30.5 Å². The van der Waals surface area contributed by atoms with Crippen LogP contribution in [0.4, 0.5) is 0 Å². The Kier molecular flexibility index (Phi) is 4.71. The van der Waals surface area contributed by atoms with Crippen molar-refractivity contribution in [1.82, 2.24) is 9.88 Å². The molecule has 1 aromatic heterocycles. The van der Waals surface area contributed by atoms with E-state index >= 15 is 0 Å². The van der Waals surface area contributed by atoms with Gasteiger partial charge in [0.05, 0.1) is 12.1 Å². The molecule has 0 aliphatic carbocycles. The van der Waals surface area contributed by atoms with Gasteiger partial charge in [-0.15, -0.1) is 0 Å². The van der Waals surface area contributed by atoms with E-state index < -0.39 is 0 Å². The van der Waals surface area contributed by atoms with Gasteiger partial charge in [-0.1, -0.05) is 12.1 Å². The van der Waals surface area contributed by atoms with Crippen molar-refractivity contribution in [1.29, 1.82) is 0 Å². The molecule has 4 nitrogen and oxygen atoms in total. The fourth-order valence-corrected chi connectivity index (χ4v) is 2.03. The highest BCUT2D eigenvalue weighted by atomic mass is 16.5. The summed E-state index contributed by atoms with van der Waals surface area (Å²) in [6.45, 7) is 2.15. The number of rotatable bonds is 6. The maximum Gasteiger partial charge on any atom is 0.134 e. The third-order valence-corrected chi connectivity index (χ3v) is 3.02. The number of aromatic nitrogens is 1. The van der Waals surface area contributed by atoms with Crippen molar-refractivity contribution in [3.05, 3.63) is 36.0 Å². The molecule has 0 saturated heterocycles. The van der Waals surface area contributed by atoms with Gasteiger partial charge in [0.2, 0.25) is 0 Å². The van der Waals surface area contributed by atoms with E-state index in [2.05, 4.69) is 24.0 Å². The van der Waals surface area contributed by atoms with Crippen LogP contribution in [0.3, 0.4) is 0 Å². The summed E-state index contributed by atoms with van der Waals surface area (Å²) in [6.07, 6.45) is 2.80. The largest absolute Gasteiger partial charge is 0.492 e. The minimum atomic E-state index is 0.445. The molecule has 0 bridgehead atoms. The summed E-state index contributed by atoms with van der Waals surface area (Å²) in [5.74, 6) is 0.881. The van der Waals surface area contributed by atoms with E-state index in [4.69, 9.17) is 10.5 Å². The third kappa shape index (κ3) is 3.43. The Labute approximate surface area is 114 Å². The summed E-state index contributed by atoms with van der Waals surface area (Å²) in [5.41, 5.74) is 7.67. The van der Waals surface area contributed by atoms with E-state index in [0.29, 0.717) is 13.2 Å². The number of benzene rings is 1. The predicted molar refractivity (Wildman–Crippen MR) is 78.3 cm³/mol. The Morgan fingerprint density at radius 2 is 2.05 bits per heavy atom. The zero-order valence-electron chi connectivity index (χ0n) is 11.6. The monoisotopic (exact) mass is 259 g/mol. The standard InChI is InChI=1S/C15H21N3O/c1-18(2)8-5-9-19-15-12(10-16)11-17-14-7-4-3-6-13(14)15/h3-4,6-7,11H,5,8-10,16H2,1-2H3. The maximum absolute atomic E-state index is 5.95. The van der Waals surface area contributed by atoms with Gasteiger partial charge < -0.3 is 15.4 Å². The van der Waals surface area contributed by atoms with Crippen molar-refractivity contribution in [2.24, 2.45) is 5.73 Å². The molecule has 0 radical (unpaired) electrons. The summed E-state index contributed by atoms with van der Waals surface area (Å²) in [7, 11) is 4.13. The molecule has 1 heterocycles. The lowest BCUT2D eigenvalue weighted by atomic mass is 10.1. The second-order valence-corrected chi connectivity index (χ2v) is 4.84. The highest BCUT2D eigenvalue weighted by Gasteiger charge is 2.08. The Morgan fingerprint density at radius 1 is 1.26 bits per heavy atom. The van der Waals surface area contributed by atoms with Gasteiger partial charge in [-0.2, -0.15) is 0 Å². The van der Waals surface area contributed by atoms with Crippen molar-refractivity contribution >= 4 is 10.9 Å². The lowest BCUT2D eigenvalue weighted by Gasteiger charge is -2.14. The van der Waals surface area contributed by atoms with Crippen LogP contribution in [-0.2, 0) is 6.54 Å². The van der Waals surface area contributed by atoms with Crippen LogP contribution in [0.5, 0.6) is 5.75 Å². The average molecular weight is 259 g/mol. The van der Waals surface area contributed by atoms with Gasteiger partial charge in [-0.25, -0.2) is 0 Å². The lowest BCUT2D eigenvalue weighted by molar-refractivity contribution is 0.282. The fraction of sp³-hybridized carbons (Fsp3) is 0.400. The molecule has 2 rings (SSSR count). The van der Waals surface area contributed by atoms with Crippen molar-refractivity contribution in [3.63, 3.8) is 0 Å². The van der Waals surface area contributed by atoms with Crippen LogP contribution in [0.25, 0.3) is 10.9 Å². The number of hydrogen-bond donors (Lipinski definition) is 1. The van der Waals surface area contributed by atoms with Crippen molar-refractivity contribution in [2.75, 3.05) is 27.2 Å².